The van der Waals surface area contributed by atoms with E-state index in [1.54, 1.807) is 12.1 Å². The second-order valence-corrected chi connectivity index (χ2v) is 7.34. The molecule has 0 aliphatic carbocycles. The second kappa shape index (κ2) is 7.70. The van der Waals surface area contributed by atoms with Gasteiger partial charge in [0.25, 0.3) is 0 Å². The van der Waals surface area contributed by atoms with Gasteiger partial charge in [-0.25, -0.2) is 14.0 Å². The van der Waals surface area contributed by atoms with E-state index in [-0.39, 0.29) is 17.4 Å². The van der Waals surface area contributed by atoms with Gasteiger partial charge in [0.15, 0.2) is 0 Å². The summed E-state index contributed by atoms with van der Waals surface area (Å²) in [6.07, 6.45) is -0.240. The van der Waals surface area contributed by atoms with Crippen LogP contribution in [0, 0.1) is 5.82 Å². The van der Waals surface area contributed by atoms with Crippen molar-refractivity contribution in [3.8, 4) is 17.1 Å². The number of anilines is 1. The van der Waals surface area contributed by atoms with Crippen LogP contribution in [0.5, 0.6) is 5.75 Å². The van der Waals surface area contributed by atoms with Gasteiger partial charge < -0.3 is 24.5 Å². The Labute approximate surface area is 172 Å². The first-order valence-corrected chi connectivity index (χ1v) is 9.63. The summed E-state index contributed by atoms with van der Waals surface area (Å²) in [5, 5.41) is 0.417. The minimum Gasteiger partial charge on any atom is -0.489 e. The number of rotatable bonds is 5. The normalized spacial score (nSPS) is 13.4. The lowest BCUT2D eigenvalue weighted by Crippen LogP contribution is -2.37. The van der Waals surface area contributed by atoms with Crippen molar-refractivity contribution in [1.29, 1.82) is 0 Å². The molecule has 4 rings (SSSR count). The van der Waals surface area contributed by atoms with Crippen LogP contribution in [0.1, 0.15) is 30.6 Å². The average Bonchev–Trinajstić information content (AvgIpc) is 2.98. The largest absolute Gasteiger partial charge is 0.489 e. The van der Waals surface area contributed by atoms with Gasteiger partial charge in [0.2, 0.25) is 0 Å². The molecule has 1 aromatic heterocycles. The van der Waals surface area contributed by atoms with Crippen LogP contribution < -0.4 is 15.4 Å². The number of carbonyl (C=O) groups excluding carboxylic acids is 2. The zero-order chi connectivity index (χ0) is 21.4. The molecule has 2 heterocycles. The molecule has 1 fully saturated rings. The Kier molecular flexibility index (Phi) is 5.07. The van der Waals surface area contributed by atoms with Gasteiger partial charge in [-0.2, -0.15) is 0 Å². The smallest absolute Gasteiger partial charge is 0.412 e. The highest BCUT2D eigenvalue weighted by atomic mass is 19.1. The number of amides is 1. The van der Waals surface area contributed by atoms with E-state index in [1.807, 2.05) is 13.8 Å². The maximum Gasteiger partial charge on any atom is 0.412 e. The number of fused-ring (bicyclic) bond motifs is 1. The van der Waals surface area contributed by atoms with Gasteiger partial charge in [-0.05, 0) is 50.6 Å². The van der Waals surface area contributed by atoms with Crippen molar-refractivity contribution in [3.05, 3.63) is 47.8 Å². The van der Waals surface area contributed by atoms with Crippen molar-refractivity contribution in [2.24, 2.45) is 5.73 Å². The predicted octanol–water partition coefficient (Wildman–Crippen LogP) is 4.47. The van der Waals surface area contributed by atoms with E-state index < -0.39 is 17.9 Å². The lowest BCUT2D eigenvalue weighted by atomic mass is 10.0. The summed E-state index contributed by atoms with van der Waals surface area (Å²) >= 11 is 0. The Morgan fingerprint density at radius 3 is 2.43 bits per heavy atom. The number of nitrogens with zero attached hydrogens (tertiary/aromatic N) is 1. The molecule has 1 aliphatic rings. The second-order valence-electron chi connectivity index (χ2n) is 7.34. The van der Waals surface area contributed by atoms with Gasteiger partial charge in [-0.3, -0.25) is 0 Å². The summed E-state index contributed by atoms with van der Waals surface area (Å²) in [6.45, 7) is 5.60. The molecule has 0 spiro atoms. The molecule has 30 heavy (non-hydrogen) atoms. The molecule has 1 aliphatic heterocycles. The van der Waals surface area contributed by atoms with Crippen LogP contribution in [-0.2, 0) is 4.74 Å². The molecule has 156 valence electrons. The maximum absolute atomic E-state index is 13.4. The number of furan rings is 1. The fraction of sp³-hybridized carbons (Fsp3) is 0.273. The lowest BCUT2D eigenvalue weighted by Gasteiger charge is -2.34. The average molecular weight is 412 g/mol. The molecule has 1 saturated heterocycles. The van der Waals surface area contributed by atoms with Crippen LogP contribution in [0.25, 0.3) is 22.3 Å². The van der Waals surface area contributed by atoms with Crippen LogP contribution >= 0.6 is 0 Å². The third-order valence-electron chi connectivity index (χ3n) is 4.83. The number of ether oxygens (including phenoxy) is 2. The molecule has 2 N–H and O–H groups in total. The number of primary amides is 1. The monoisotopic (exact) mass is 412 g/mol. The molecule has 7 nitrogen and oxygen atoms in total. The fourth-order valence-electron chi connectivity index (χ4n) is 3.41. The third kappa shape index (κ3) is 3.68. The minimum atomic E-state index is -1.23. The van der Waals surface area contributed by atoms with Gasteiger partial charge >= 0.3 is 12.1 Å². The standard InChI is InChI=1S/C22H21FN2O5/c1-12(2)28-18-10-15-17(11-16(18)25-8-3-9-25)29-20(13-4-6-14(23)7-5-13)19(15)21(26)30-22(24)27/h4-7,10-12H,3,8-9H2,1-2H3,(H2,24,27). The number of esters is 1. The van der Waals surface area contributed by atoms with Crippen LogP contribution in [0.2, 0.25) is 0 Å². The van der Waals surface area contributed by atoms with Crippen molar-refractivity contribution in [2.75, 3.05) is 18.0 Å². The van der Waals surface area contributed by atoms with Crippen molar-refractivity contribution < 1.29 is 27.9 Å². The number of nitrogens with two attached hydrogens (primary N) is 1. The molecular formula is C22H21FN2O5. The van der Waals surface area contributed by atoms with E-state index in [4.69, 9.17) is 14.9 Å². The molecule has 1 amide bonds. The number of hydrogen-bond acceptors (Lipinski definition) is 6. The SMILES string of the molecule is CC(C)Oc1cc2c(C(=O)OC(N)=O)c(-c3ccc(F)cc3)oc2cc1N1CCC1. The summed E-state index contributed by atoms with van der Waals surface area (Å²) in [5.74, 6) is -0.624. The summed E-state index contributed by atoms with van der Waals surface area (Å²) < 4.78 is 30.0. The van der Waals surface area contributed by atoms with Crippen molar-refractivity contribution in [3.63, 3.8) is 0 Å². The molecule has 0 radical (unpaired) electrons. The maximum atomic E-state index is 13.4. The van der Waals surface area contributed by atoms with E-state index in [2.05, 4.69) is 9.64 Å². The van der Waals surface area contributed by atoms with E-state index in [0.29, 0.717) is 22.3 Å². The number of hydrogen-bond donors (Lipinski definition) is 1. The first-order chi connectivity index (χ1) is 14.3. The van der Waals surface area contributed by atoms with Crippen LogP contribution in [0.4, 0.5) is 14.9 Å². The molecule has 0 saturated carbocycles. The minimum absolute atomic E-state index is 0.0270. The number of benzene rings is 2. The first-order valence-electron chi connectivity index (χ1n) is 9.63. The Balaban J connectivity index is 1.94. The van der Waals surface area contributed by atoms with Gasteiger partial charge in [0.1, 0.15) is 28.5 Å². The van der Waals surface area contributed by atoms with E-state index in [1.165, 1.54) is 24.3 Å². The van der Waals surface area contributed by atoms with Crippen LogP contribution in [0.15, 0.2) is 40.8 Å². The molecule has 8 heteroatoms. The van der Waals surface area contributed by atoms with Crippen molar-refractivity contribution in [2.45, 2.75) is 26.4 Å². The highest BCUT2D eigenvalue weighted by Gasteiger charge is 2.28. The van der Waals surface area contributed by atoms with Gasteiger partial charge in [0.05, 0.1) is 11.8 Å². The van der Waals surface area contributed by atoms with Crippen LogP contribution in [0.3, 0.4) is 0 Å². The number of halogens is 1. The molecule has 0 unspecified atom stereocenters. The third-order valence-corrected chi connectivity index (χ3v) is 4.83. The predicted molar refractivity (Wildman–Crippen MR) is 109 cm³/mol. The van der Waals surface area contributed by atoms with E-state index >= 15 is 0 Å². The van der Waals surface area contributed by atoms with Gasteiger partial charge in [-0.15, -0.1) is 0 Å². The Morgan fingerprint density at radius 1 is 1.17 bits per heavy atom. The molecular weight excluding hydrogens is 391 g/mol. The molecule has 0 atom stereocenters. The highest BCUT2D eigenvalue weighted by molar-refractivity contribution is 6.12. The molecule has 0 bridgehead atoms. The topological polar surface area (TPSA) is 95.0 Å². The van der Waals surface area contributed by atoms with E-state index in [9.17, 15) is 14.0 Å². The summed E-state index contributed by atoms with van der Waals surface area (Å²) in [6, 6.07) is 8.98. The van der Waals surface area contributed by atoms with E-state index in [0.717, 1.165) is 25.2 Å². The van der Waals surface area contributed by atoms with Crippen LogP contribution in [-0.4, -0.2) is 31.3 Å². The summed E-state index contributed by atoms with van der Waals surface area (Å²) in [5.41, 5.74) is 6.81. The van der Waals surface area contributed by atoms with Crippen molar-refractivity contribution >= 4 is 28.7 Å². The Bertz CT molecular complexity index is 1120. The quantitative estimate of drug-likeness (QED) is 0.491. The Morgan fingerprint density at radius 2 is 1.87 bits per heavy atom. The highest BCUT2D eigenvalue weighted by Crippen LogP contribution is 2.42. The van der Waals surface area contributed by atoms with Gasteiger partial charge in [-0.1, -0.05) is 0 Å². The molecule has 3 aromatic rings. The zero-order valence-corrected chi connectivity index (χ0v) is 16.6. The summed E-state index contributed by atoms with van der Waals surface area (Å²) in [7, 11) is 0. The summed E-state index contributed by atoms with van der Waals surface area (Å²) in [4.78, 5) is 26.1. The Hall–Kier alpha value is -3.55. The van der Waals surface area contributed by atoms with Gasteiger partial charge in [0, 0.05) is 30.1 Å². The number of carbonyl (C=O) groups is 2. The molecule has 2 aromatic carbocycles. The lowest BCUT2D eigenvalue weighted by molar-refractivity contribution is 0.0640. The van der Waals surface area contributed by atoms with Crippen molar-refractivity contribution in [1.82, 2.24) is 0 Å². The first kappa shape index (κ1) is 19.8. The fourth-order valence-corrected chi connectivity index (χ4v) is 3.41. The zero-order valence-electron chi connectivity index (χ0n) is 16.6.